The lowest BCUT2D eigenvalue weighted by atomic mass is 9.89. The molecule has 2 heterocycles. The number of rotatable bonds is 6. The summed E-state index contributed by atoms with van der Waals surface area (Å²) in [5, 5.41) is 11.2. The Morgan fingerprint density at radius 1 is 1.18 bits per heavy atom. The summed E-state index contributed by atoms with van der Waals surface area (Å²) in [6.07, 6.45) is 0.958. The Morgan fingerprint density at radius 2 is 1.85 bits per heavy atom. The maximum atomic E-state index is 14.0. The van der Waals surface area contributed by atoms with Crippen LogP contribution in [0.15, 0.2) is 67.1 Å². The second-order valence-electron chi connectivity index (χ2n) is 7.83. The van der Waals surface area contributed by atoms with E-state index in [0.717, 1.165) is 10.5 Å². The van der Waals surface area contributed by atoms with Gasteiger partial charge < -0.3 is 19.6 Å². The van der Waals surface area contributed by atoms with Gasteiger partial charge in [-0.15, -0.1) is 0 Å². The standard InChI is InChI=1S/C23H22N4O6/c1-15-20(16-7-5-4-6-8-16)33-22(29)26(15)21(28)23(2,17-9-11-18(32-3)12-10-17)25-13-19(24-14-25)27(30)31/h4-15,20H,1-3H3. The topological polar surface area (TPSA) is 117 Å². The first-order valence-electron chi connectivity index (χ1n) is 10.2. The van der Waals surface area contributed by atoms with Crippen LogP contribution in [0.3, 0.4) is 0 Å². The van der Waals surface area contributed by atoms with Crippen molar-refractivity contribution in [3.05, 3.63) is 88.4 Å². The maximum Gasteiger partial charge on any atom is 0.417 e. The quantitative estimate of drug-likeness (QED) is 0.415. The molecule has 0 aliphatic carbocycles. The van der Waals surface area contributed by atoms with Gasteiger partial charge in [0, 0.05) is 0 Å². The molecule has 0 N–H and O–H groups in total. The summed E-state index contributed by atoms with van der Waals surface area (Å²) in [7, 11) is 1.52. The molecule has 1 fully saturated rings. The van der Waals surface area contributed by atoms with Gasteiger partial charge in [0.05, 0.1) is 13.2 Å². The molecule has 10 nitrogen and oxygen atoms in total. The number of carbonyl (C=O) groups is 2. The number of amides is 2. The van der Waals surface area contributed by atoms with Gasteiger partial charge in [-0.1, -0.05) is 42.5 Å². The van der Waals surface area contributed by atoms with Crippen LogP contribution >= 0.6 is 0 Å². The fourth-order valence-electron chi connectivity index (χ4n) is 4.01. The summed E-state index contributed by atoms with van der Waals surface area (Å²) >= 11 is 0. The first-order chi connectivity index (χ1) is 15.8. The minimum atomic E-state index is -1.52. The lowest BCUT2D eigenvalue weighted by Crippen LogP contribution is -2.52. The van der Waals surface area contributed by atoms with Gasteiger partial charge >= 0.3 is 11.9 Å². The van der Waals surface area contributed by atoms with Crippen LogP contribution in [0.5, 0.6) is 5.75 Å². The molecule has 0 bridgehead atoms. The third-order valence-corrected chi connectivity index (χ3v) is 5.96. The SMILES string of the molecule is COc1ccc(C(C)(C(=O)N2C(=O)OC(c3ccccc3)C2C)n2cnc([N+](=O)[O-])c2)cc1. The van der Waals surface area contributed by atoms with E-state index < -0.39 is 40.4 Å². The third-order valence-electron chi connectivity index (χ3n) is 5.96. The largest absolute Gasteiger partial charge is 0.497 e. The molecule has 1 saturated heterocycles. The molecule has 3 aromatic rings. The number of ether oxygens (including phenoxy) is 2. The van der Waals surface area contributed by atoms with Gasteiger partial charge in [0.25, 0.3) is 5.91 Å². The average Bonchev–Trinajstić information content (AvgIpc) is 3.44. The molecule has 3 atom stereocenters. The summed E-state index contributed by atoms with van der Waals surface area (Å²) in [5.74, 6) is -0.444. The monoisotopic (exact) mass is 450 g/mol. The fourth-order valence-corrected chi connectivity index (χ4v) is 4.01. The van der Waals surface area contributed by atoms with Crippen LogP contribution < -0.4 is 4.74 Å². The van der Waals surface area contributed by atoms with E-state index in [4.69, 9.17) is 9.47 Å². The molecule has 33 heavy (non-hydrogen) atoms. The molecule has 2 amide bonds. The first-order valence-corrected chi connectivity index (χ1v) is 10.2. The third kappa shape index (κ3) is 3.69. The number of nitrogens with zero attached hydrogens (tertiary/aromatic N) is 4. The van der Waals surface area contributed by atoms with Gasteiger partial charge in [-0.05, 0) is 47.0 Å². The highest BCUT2D eigenvalue weighted by Crippen LogP contribution is 2.38. The number of methoxy groups -OCH3 is 1. The predicted molar refractivity (Wildman–Crippen MR) is 117 cm³/mol. The molecule has 0 spiro atoms. The van der Waals surface area contributed by atoms with Crippen molar-refractivity contribution in [1.29, 1.82) is 0 Å². The summed E-state index contributed by atoms with van der Waals surface area (Å²) in [5.41, 5.74) is -0.270. The minimum absolute atomic E-state index is 0.415. The highest BCUT2D eigenvalue weighted by Gasteiger charge is 2.51. The van der Waals surface area contributed by atoms with E-state index in [1.54, 1.807) is 38.1 Å². The second kappa shape index (κ2) is 8.38. The Kier molecular flexibility index (Phi) is 5.59. The molecule has 0 radical (unpaired) electrons. The molecule has 3 unspecified atom stereocenters. The summed E-state index contributed by atoms with van der Waals surface area (Å²) < 4.78 is 12.1. The van der Waals surface area contributed by atoms with Crippen LogP contribution in [0.1, 0.15) is 31.1 Å². The molecule has 1 aliphatic rings. The van der Waals surface area contributed by atoms with E-state index in [1.165, 1.54) is 24.2 Å². The van der Waals surface area contributed by atoms with Gasteiger partial charge in [0.2, 0.25) is 6.33 Å². The van der Waals surface area contributed by atoms with Crippen LogP contribution in [-0.4, -0.2) is 44.5 Å². The number of benzene rings is 2. The van der Waals surface area contributed by atoms with Crippen molar-refractivity contribution in [2.75, 3.05) is 7.11 Å². The number of cyclic esters (lactones) is 1. The van der Waals surface area contributed by atoms with Crippen LogP contribution in [0, 0.1) is 10.1 Å². The highest BCUT2D eigenvalue weighted by molar-refractivity contribution is 5.99. The van der Waals surface area contributed by atoms with Crippen LogP contribution in [0.25, 0.3) is 0 Å². The lowest BCUT2D eigenvalue weighted by molar-refractivity contribution is -0.389. The Labute approximate surface area is 189 Å². The van der Waals surface area contributed by atoms with Crippen molar-refractivity contribution in [2.45, 2.75) is 31.5 Å². The van der Waals surface area contributed by atoms with Gasteiger partial charge in [-0.25, -0.2) is 9.69 Å². The smallest absolute Gasteiger partial charge is 0.417 e. The molecule has 0 saturated carbocycles. The van der Waals surface area contributed by atoms with Crippen LogP contribution in [-0.2, 0) is 15.1 Å². The van der Waals surface area contributed by atoms with Crippen molar-refractivity contribution in [3.8, 4) is 5.75 Å². The number of hydrogen-bond acceptors (Lipinski definition) is 7. The minimum Gasteiger partial charge on any atom is -0.497 e. The van der Waals surface area contributed by atoms with E-state index in [1.807, 2.05) is 30.3 Å². The summed E-state index contributed by atoms with van der Waals surface area (Å²) in [4.78, 5) is 42.3. The number of hydrogen-bond donors (Lipinski definition) is 0. The van der Waals surface area contributed by atoms with E-state index in [9.17, 15) is 19.7 Å². The highest BCUT2D eigenvalue weighted by atomic mass is 16.6. The number of imidazole rings is 1. The average molecular weight is 450 g/mol. The van der Waals surface area contributed by atoms with Gasteiger partial charge in [0.15, 0.2) is 0 Å². The molecule has 10 heteroatoms. The zero-order valence-corrected chi connectivity index (χ0v) is 18.2. The van der Waals surface area contributed by atoms with Crippen LogP contribution in [0.4, 0.5) is 10.6 Å². The lowest BCUT2D eigenvalue weighted by Gasteiger charge is -2.33. The van der Waals surface area contributed by atoms with Crippen molar-refractivity contribution in [2.24, 2.45) is 0 Å². The van der Waals surface area contributed by atoms with E-state index in [0.29, 0.717) is 11.3 Å². The maximum absolute atomic E-state index is 14.0. The predicted octanol–water partition coefficient (Wildman–Crippen LogP) is 3.67. The fraction of sp³-hybridized carbons (Fsp3) is 0.261. The van der Waals surface area contributed by atoms with Crippen molar-refractivity contribution in [1.82, 2.24) is 14.5 Å². The van der Waals surface area contributed by atoms with Gasteiger partial charge in [-0.2, -0.15) is 0 Å². The van der Waals surface area contributed by atoms with Gasteiger partial charge in [0.1, 0.15) is 23.6 Å². The Morgan fingerprint density at radius 3 is 2.42 bits per heavy atom. The van der Waals surface area contributed by atoms with E-state index in [2.05, 4.69) is 4.98 Å². The zero-order valence-electron chi connectivity index (χ0n) is 18.2. The number of aromatic nitrogens is 2. The Hall–Kier alpha value is -4.21. The van der Waals surface area contributed by atoms with Crippen molar-refractivity contribution in [3.63, 3.8) is 0 Å². The Balaban J connectivity index is 1.78. The number of imide groups is 1. The van der Waals surface area contributed by atoms with Crippen LogP contribution in [0.2, 0.25) is 0 Å². The molecule has 2 aromatic carbocycles. The van der Waals surface area contributed by atoms with E-state index >= 15 is 0 Å². The van der Waals surface area contributed by atoms with Gasteiger partial charge in [-0.3, -0.25) is 9.36 Å². The number of nitro groups is 1. The molecule has 170 valence electrons. The molecule has 1 aliphatic heterocycles. The normalized spacial score (nSPS) is 19.6. The zero-order chi connectivity index (χ0) is 23.8. The molecular formula is C23H22N4O6. The Bertz CT molecular complexity index is 1190. The number of carbonyl (C=O) groups excluding carboxylic acids is 2. The van der Waals surface area contributed by atoms with Crippen molar-refractivity contribution >= 4 is 17.8 Å². The molecular weight excluding hydrogens is 428 g/mol. The summed E-state index contributed by atoms with van der Waals surface area (Å²) in [6.45, 7) is 3.31. The molecule has 1 aromatic heterocycles. The first kappa shape index (κ1) is 22.0. The van der Waals surface area contributed by atoms with Crippen molar-refractivity contribution < 1.29 is 24.0 Å². The second-order valence-corrected chi connectivity index (χ2v) is 7.83. The summed E-state index contributed by atoms with van der Waals surface area (Å²) in [6, 6.07) is 15.2. The molecule has 4 rings (SSSR count). The van der Waals surface area contributed by atoms with E-state index in [-0.39, 0.29) is 0 Å².